The Morgan fingerprint density at radius 2 is 1.79 bits per heavy atom. The summed E-state index contributed by atoms with van der Waals surface area (Å²) in [5, 5.41) is 7.80. The molecule has 0 fully saturated rings. The summed E-state index contributed by atoms with van der Waals surface area (Å²) in [4.78, 5) is 43.8. The predicted molar refractivity (Wildman–Crippen MR) is 113 cm³/mol. The number of hydrogen-bond donors (Lipinski definition) is 0. The van der Waals surface area contributed by atoms with Crippen LogP contribution in [-0.4, -0.2) is 41.8 Å². The normalized spacial score (nSPS) is 13.1. The number of hydrogen-bond acceptors (Lipinski definition) is 7. The lowest BCUT2D eigenvalue weighted by Gasteiger charge is -2.27. The molecule has 1 aliphatic rings. The highest BCUT2D eigenvalue weighted by Gasteiger charge is 2.27. The molecule has 1 amide bonds. The van der Waals surface area contributed by atoms with Gasteiger partial charge >= 0.3 is 17.5 Å². The van der Waals surface area contributed by atoms with Crippen molar-refractivity contribution >= 4 is 5.91 Å². The van der Waals surface area contributed by atoms with E-state index in [2.05, 4.69) is 15.2 Å². The Morgan fingerprint density at radius 3 is 2.55 bits per heavy atom. The molecular weight excluding hydrogens is 431 g/mol. The van der Waals surface area contributed by atoms with Crippen LogP contribution >= 0.6 is 0 Å². The van der Waals surface area contributed by atoms with Crippen LogP contribution in [0.3, 0.4) is 0 Å². The highest BCUT2D eigenvalue weighted by molar-refractivity contribution is 5.90. The van der Waals surface area contributed by atoms with E-state index in [0.29, 0.717) is 19.5 Å². The molecule has 0 N–H and O–H groups in total. The van der Waals surface area contributed by atoms with Crippen molar-refractivity contribution < 1.29 is 13.7 Å². The molecule has 5 rings (SSSR count). The summed E-state index contributed by atoms with van der Waals surface area (Å²) >= 11 is 0. The minimum absolute atomic E-state index is 0.229. The molecule has 0 aliphatic carbocycles. The number of carbonyl (C=O) groups excluding carboxylic acids is 1. The maximum Gasteiger partial charge on any atom is 0.351 e. The second kappa shape index (κ2) is 7.93. The average Bonchev–Trinajstić information content (AvgIpc) is 3.33. The van der Waals surface area contributed by atoms with Crippen molar-refractivity contribution in [2.45, 2.75) is 13.0 Å². The Hall–Kier alpha value is -4.41. The predicted octanol–water partition coefficient (Wildman–Crippen LogP) is 1.32. The first-order valence-electron chi connectivity index (χ1n) is 10.1. The Balaban J connectivity index is 1.49. The largest absolute Gasteiger partial charge is 0.351 e. The highest BCUT2D eigenvalue weighted by Crippen LogP contribution is 2.20. The fourth-order valence-electron chi connectivity index (χ4n) is 3.68. The summed E-state index contributed by atoms with van der Waals surface area (Å²) < 4.78 is 20.2. The zero-order chi connectivity index (χ0) is 23.1. The third-order valence-corrected chi connectivity index (χ3v) is 5.49. The number of halogens is 1. The van der Waals surface area contributed by atoms with Gasteiger partial charge in [0.1, 0.15) is 5.82 Å². The molecule has 166 valence electrons. The van der Waals surface area contributed by atoms with E-state index in [1.54, 1.807) is 4.90 Å². The molecule has 11 heteroatoms. The number of aromatic nitrogens is 5. The summed E-state index contributed by atoms with van der Waals surface area (Å²) in [6, 6.07) is 12.9. The van der Waals surface area contributed by atoms with Gasteiger partial charge in [-0.2, -0.15) is 14.8 Å². The van der Waals surface area contributed by atoms with Gasteiger partial charge in [0.25, 0.3) is 5.56 Å². The standard InChI is InChI=1S/C22H17FN6O4/c1-27-20(30)17(25-29(22(27)32)16-8-6-15(23)7-9-16)18-24-19(33-26-18)21(31)28-11-10-13-4-2-3-5-14(13)12-28/h2-9H,10-12H2,1H3. The molecule has 0 bridgehead atoms. The Morgan fingerprint density at radius 1 is 1.06 bits per heavy atom. The SMILES string of the molecule is Cn1c(=O)c(-c2noc(C(=O)N3CCc4ccccc4C3)n2)nn(-c2ccc(F)cc2)c1=O. The van der Waals surface area contributed by atoms with Gasteiger partial charge in [-0.3, -0.25) is 14.2 Å². The van der Waals surface area contributed by atoms with Gasteiger partial charge in [0.2, 0.25) is 5.82 Å². The maximum absolute atomic E-state index is 13.3. The van der Waals surface area contributed by atoms with E-state index in [0.717, 1.165) is 26.9 Å². The maximum atomic E-state index is 13.3. The quantitative estimate of drug-likeness (QED) is 0.464. The highest BCUT2D eigenvalue weighted by atomic mass is 19.1. The first-order chi connectivity index (χ1) is 15.9. The number of rotatable bonds is 3. The van der Waals surface area contributed by atoms with Crippen LogP contribution in [0, 0.1) is 5.82 Å². The second-order valence-corrected chi connectivity index (χ2v) is 7.55. The summed E-state index contributed by atoms with van der Waals surface area (Å²) in [6.45, 7) is 0.894. The van der Waals surface area contributed by atoms with E-state index in [-0.39, 0.29) is 23.1 Å². The average molecular weight is 448 g/mol. The van der Waals surface area contributed by atoms with E-state index >= 15 is 0 Å². The molecule has 1 aliphatic heterocycles. The molecule has 0 unspecified atom stereocenters. The molecule has 2 aromatic heterocycles. The van der Waals surface area contributed by atoms with E-state index in [4.69, 9.17) is 4.52 Å². The van der Waals surface area contributed by atoms with Crippen molar-refractivity contribution in [3.63, 3.8) is 0 Å². The Labute approximate surface area is 185 Å². The zero-order valence-electron chi connectivity index (χ0n) is 17.4. The lowest BCUT2D eigenvalue weighted by molar-refractivity contribution is 0.0684. The minimum atomic E-state index is -0.759. The number of fused-ring (bicyclic) bond motifs is 1. The van der Waals surface area contributed by atoms with E-state index < -0.39 is 23.0 Å². The van der Waals surface area contributed by atoms with Crippen LogP contribution in [0.15, 0.2) is 62.6 Å². The third kappa shape index (κ3) is 3.63. The molecule has 0 spiro atoms. The Bertz CT molecular complexity index is 1490. The minimum Gasteiger partial charge on any atom is -0.330 e. The second-order valence-electron chi connectivity index (χ2n) is 7.55. The molecule has 10 nitrogen and oxygen atoms in total. The van der Waals surface area contributed by atoms with Crippen molar-refractivity contribution in [3.05, 3.63) is 92.2 Å². The van der Waals surface area contributed by atoms with Crippen LogP contribution in [0.1, 0.15) is 21.8 Å². The number of nitrogens with zero attached hydrogens (tertiary/aromatic N) is 6. The van der Waals surface area contributed by atoms with Crippen LogP contribution in [0.2, 0.25) is 0 Å². The van der Waals surface area contributed by atoms with Gasteiger partial charge in [-0.1, -0.05) is 29.4 Å². The van der Waals surface area contributed by atoms with Gasteiger partial charge in [-0.25, -0.2) is 9.18 Å². The smallest absolute Gasteiger partial charge is 0.330 e. The number of benzene rings is 2. The summed E-state index contributed by atoms with van der Waals surface area (Å²) in [5.74, 6) is -1.47. The van der Waals surface area contributed by atoms with Gasteiger partial charge in [0, 0.05) is 20.1 Å². The zero-order valence-corrected chi connectivity index (χ0v) is 17.4. The molecule has 0 saturated heterocycles. The lowest BCUT2D eigenvalue weighted by Crippen LogP contribution is -2.40. The number of amides is 1. The van der Waals surface area contributed by atoms with Crippen LogP contribution < -0.4 is 11.2 Å². The lowest BCUT2D eigenvalue weighted by atomic mass is 10.00. The third-order valence-electron chi connectivity index (χ3n) is 5.49. The van der Waals surface area contributed by atoms with Gasteiger partial charge in [-0.05, 0) is 41.8 Å². The molecule has 0 saturated carbocycles. The monoisotopic (exact) mass is 448 g/mol. The summed E-state index contributed by atoms with van der Waals surface area (Å²) in [5.41, 5.74) is 0.688. The molecule has 2 aromatic carbocycles. The van der Waals surface area contributed by atoms with Crippen molar-refractivity contribution in [3.8, 4) is 17.2 Å². The van der Waals surface area contributed by atoms with Crippen LogP contribution in [0.25, 0.3) is 17.2 Å². The van der Waals surface area contributed by atoms with Crippen molar-refractivity contribution in [1.82, 2.24) is 29.4 Å². The fraction of sp³-hybridized carbons (Fsp3) is 0.182. The van der Waals surface area contributed by atoms with E-state index in [1.807, 2.05) is 24.3 Å². The van der Waals surface area contributed by atoms with Crippen LogP contribution in [0.4, 0.5) is 4.39 Å². The molecule has 0 atom stereocenters. The van der Waals surface area contributed by atoms with Crippen LogP contribution in [-0.2, 0) is 20.0 Å². The van der Waals surface area contributed by atoms with Gasteiger partial charge < -0.3 is 9.42 Å². The molecule has 4 aromatic rings. The van der Waals surface area contributed by atoms with Crippen molar-refractivity contribution in [1.29, 1.82) is 0 Å². The Kier molecular flexibility index (Phi) is 4.93. The van der Waals surface area contributed by atoms with Crippen molar-refractivity contribution in [2.24, 2.45) is 7.05 Å². The van der Waals surface area contributed by atoms with Gasteiger partial charge in [-0.15, -0.1) is 0 Å². The first-order valence-corrected chi connectivity index (χ1v) is 10.1. The molecule has 3 heterocycles. The number of carbonyl (C=O) groups is 1. The van der Waals surface area contributed by atoms with Gasteiger partial charge in [0.15, 0.2) is 5.69 Å². The summed E-state index contributed by atoms with van der Waals surface area (Å²) in [7, 11) is 1.27. The van der Waals surface area contributed by atoms with Crippen molar-refractivity contribution in [2.75, 3.05) is 6.54 Å². The summed E-state index contributed by atoms with van der Waals surface area (Å²) in [6.07, 6.45) is 0.702. The van der Waals surface area contributed by atoms with Crippen LogP contribution in [0.5, 0.6) is 0 Å². The van der Waals surface area contributed by atoms with E-state index in [9.17, 15) is 18.8 Å². The molecule has 0 radical (unpaired) electrons. The first kappa shape index (κ1) is 20.5. The fourth-order valence-corrected chi connectivity index (χ4v) is 3.68. The molecular formula is C22H17FN6O4. The van der Waals surface area contributed by atoms with Gasteiger partial charge in [0.05, 0.1) is 5.69 Å². The molecule has 33 heavy (non-hydrogen) atoms. The van der Waals surface area contributed by atoms with E-state index in [1.165, 1.54) is 24.7 Å². The topological polar surface area (TPSA) is 116 Å².